The van der Waals surface area contributed by atoms with E-state index in [9.17, 15) is 4.79 Å². The van der Waals surface area contributed by atoms with E-state index in [1.54, 1.807) is 6.07 Å². The van der Waals surface area contributed by atoms with Gasteiger partial charge in [0.1, 0.15) is 0 Å². The number of rotatable bonds is 2. The number of hydrogen-bond donors (Lipinski definition) is 2. The van der Waals surface area contributed by atoms with Crippen LogP contribution in [0.5, 0.6) is 0 Å². The Hall–Kier alpha value is -1.72. The zero-order valence-corrected chi connectivity index (χ0v) is 14.1. The van der Waals surface area contributed by atoms with Crippen molar-refractivity contribution in [3.05, 3.63) is 63.6 Å². The van der Waals surface area contributed by atoms with E-state index in [-0.39, 0.29) is 11.0 Å². The zero-order valence-electron chi connectivity index (χ0n) is 11.7. The van der Waals surface area contributed by atoms with Crippen LogP contribution < -0.4 is 10.6 Å². The molecule has 0 saturated heterocycles. The minimum absolute atomic E-state index is 0.223. The van der Waals surface area contributed by atoms with Crippen molar-refractivity contribution in [3.8, 4) is 0 Å². The number of thiocarbonyl (C=S) groups is 1. The molecule has 108 valence electrons. The minimum atomic E-state index is -0.223. The van der Waals surface area contributed by atoms with E-state index >= 15 is 0 Å². The van der Waals surface area contributed by atoms with Crippen molar-refractivity contribution >= 4 is 44.9 Å². The average molecular weight is 363 g/mol. The van der Waals surface area contributed by atoms with Crippen LogP contribution in [0.3, 0.4) is 0 Å². The van der Waals surface area contributed by atoms with Crippen LogP contribution >= 0.6 is 28.1 Å². The molecule has 2 aromatic rings. The van der Waals surface area contributed by atoms with Gasteiger partial charge in [-0.25, -0.2) is 0 Å². The van der Waals surface area contributed by atoms with Gasteiger partial charge in [0, 0.05) is 10.0 Å². The Morgan fingerprint density at radius 1 is 1.10 bits per heavy atom. The summed E-state index contributed by atoms with van der Waals surface area (Å²) >= 11 is 8.64. The van der Waals surface area contributed by atoms with Gasteiger partial charge in [-0.3, -0.25) is 10.1 Å². The van der Waals surface area contributed by atoms with Crippen LogP contribution in [0, 0.1) is 13.8 Å². The first-order chi connectivity index (χ1) is 9.95. The highest BCUT2D eigenvalue weighted by Gasteiger charge is 2.09. The normalized spacial score (nSPS) is 10.0. The first-order valence-electron chi connectivity index (χ1n) is 6.41. The van der Waals surface area contributed by atoms with Gasteiger partial charge in [0.15, 0.2) is 5.11 Å². The van der Waals surface area contributed by atoms with E-state index in [4.69, 9.17) is 12.2 Å². The molecule has 0 heterocycles. The molecule has 2 rings (SSSR count). The van der Waals surface area contributed by atoms with Gasteiger partial charge >= 0.3 is 0 Å². The Bertz CT molecular complexity index is 700. The first kappa shape index (κ1) is 15.7. The van der Waals surface area contributed by atoms with Crippen LogP contribution in [-0.2, 0) is 0 Å². The molecule has 0 spiro atoms. The van der Waals surface area contributed by atoms with Crippen molar-refractivity contribution in [3.63, 3.8) is 0 Å². The molecular formula is C16H15BrN2OS. The van der Waals surface area contributed by atoms with Gasteiger partial charge in [0.25, 0.3) is 5.91 Å². The maximum Gasteiger partial charge on any atom is 0.257 e. The Morgan fingerprint density at radius 3 is 2.48 bits per heavy atom. The standard InChI is InChI=1S/C16H15BrN2OS/c1-10-4-3-5-12(8-10)15(20)19-16(21)18-14-7-6-11(2)9-13(14)17/h3-9H,1-2H3,(H2,18,19,20,21). The molecule has 2 N–H and O–H groups in total. The molecule has 2 aromatic carbocycles. The third-order valence-corrected chi connectivity index (χ3v) is 3.74. The predicted octanol–water partition coefficient (Wildman–Crippen LogP) is 4.19. The molecule has 21 heavy (non-hydrogen) atoms. The summed E-state index contributed by atoms with van der Waals surface area (Å²) in [6.45, 7) is 3.95. The topological polar surface area (TPSA) is 41.1 Å². The third kappa shape index (κ3) is 4.37. The zero-order chi connectivity index (χ0) is 15.4. The van der Waals surface area contributed by atoms with Crippen LogP contribution in [-0.4, -0.2) is 11.0 Å². The Kier molecular flexibility index (Phi) is 5.09. The summed E-state index contributed by atoms with van der Waals surface area (Å²) in [6.07, 6.45) is 0. The lowest BCUT2D eigenvalue weighted by molar-refractivity contribution is 0.0977. The maximum atomic E-state index is 12.1. The molecular weight excluding hydrogens is 348 g/mol. The van der Waals surface area contributed by atoms with Crippen LogP contribution in [0.25, 0.3) is 0 Å². The summed E-state index contributed by atoms with van der Waals surface area (Å²) in [4.78, 5) is 12.1. The van der Waals surface area contributed by atoms with E-state index in [0.717, 1.165) is 21.3 Å². The highest BCUT2D eigenvalue weighted by molar-refractivity contribution is 9.10. The second kappa shape index (κ2) is 6.83. The fourth-order valence-corrected chi connectivity index (χ4v) is 2.63. The number of anilines is 1. The van der Waals surface area contributed by atoms with Crippen molar-refractivity contribution in [1.29, 1.82) is 0 Å². The Labute approximate surface area is 137 Å². The summed E-state index contributed by atoms with van der Waals surface area (Å²) < 4.78 is 0.898. The molecule has 0 fully saturated rings. The molecule has 0 aliphatic carbocycles. The van der Waals surface area contributed by atoms with Crippen LogP contribution in [0.2, 0.25) is 0 Å². The van der Waals surface area contributed by atoms with Crippen molar-refractivity contribution in [1.82, 2.24) is 5.32 Å². The number of nitrogens with one attached hydrogen (secondary N) is 2. The number of halogens is 1. The minimum Gasteiger partial charge on any atom is -0.331 e. The lowest BCUT2D eigenvalue weighted by atomic mass is 10.1. The van der Waals surface area contributed by atoms with Gasteiger partial charge in [-0.05, 0) is 71.8 Å². The van der Waals surface area contributed by atoms with E-state index in [1.807, 2.05) is 50.2 Å². The van der Waals surface area contributed by atoms with Crippen molar-refractivity contribution in [2.24, 2.45) is 0 Å². The third-order valence-electron chi connectivity index (χ3n) is 2.88. The maximum absolute atomic E-state index is 12.1. The second-order valence-corrected chi connectivity index (χ2v) is 6.02. The van der Waals surface area contributed by atoms with Crippen molar-refractivity contribution < 1.29 is 4.79 Å². The Morgan fingerprint density at radius 2 is 1.81 bits per heavy atom. The summed E-state index contributed by atoms with van der Waals surface area (Å²) in [5, 5.41) is 5.95. The molecule has 0 bridgehead atoms. The van der Waals surface area contributed by atoms with Gasteiger partial charge in [-0.15, -0.1) is 0 Å². The summed E-state index contributed by atoms with van der Waals surface area (Å²) in [7, 11) is 0. The highest BCUT2D eigenvalue weighted by atomic mass is 79.9. The number of benzene rings is 2. The van der Waals surface area contributed by atoms with Gasteiger partial charge in [0.2, 0.25) is 0 Å². The van der Waals surface area contributed by atoms with Crippen molar-refractivity contribution in [2.75, 3.05) is 5.32 Å². The number of carbonyl (C=O) groups is 1. The lowest BCUT2D eigenvalue weighted by Crippen LogP contribution is -2.34. The average Bonchev–Trinajstić information content (AvgIpc) is 2.42. The molecule has 0 aliphatic rings. The van der Waals surface area contributed by atoms with E-state index in [2.05, 4.69) is 26.6 Å². The molecule has 5 heteroatoms. The molecule has 3 nitrogen and oxygen atoms in total. The molecule has 0 radical (unpaired) electrons. The molecule has 0 aliphatic heterocycles. The fourth-order valence-electron chi connectivity index (χ4n) is 1.84. The molecule has 0 saturated carbocycles. The van der Waals surface area contributed by atoms with E-state index < -0.39 is 0 Å². The predicted molar refractivity (Wildman–Crippen MR) is 93.7 cm³/mol. The summed E-state index contributed by atoms with van der Waals surface area (Å²) in [5.74, 6) is -0.223. The largest absolute Gasteiger partial charge is 0.331 e. The Balaban J connectivity index is 2.03. The fraction of sp³-hybridized carbons (Fsp3) is 0.125. The van der Waals surface area contributed by atoms with Gasteiger partial charge in [0.05, 0.1) is 5.69 Å². The highest BCUT2D eigenvalue weighted by Crippen LogP contribution is 2.23. The van der Waals surface area contributed by atoms with Gasteiger partial charge in [-0.1, -0.05) is 23.8 Å². The van der Waals surface area contributed by atoms with Crippen molar-refractivity contribution in [2.45, 2.75) is 13.8 Å². The van der Waals surface area contributed by atoms with E-state index in [1.165, 1.54) is 0 Å². The lowest BCUT2D eigenvalue weighted by Gasteiger charge is -2.11. The number of hydrogen-bond acceptors (Lipinski definition) is 2. The summed E-state index contributed by atoms with van der Waals surface area (Å²) in [5.41, 5.74) is 3.57. The second-order valence-electron chi connectivity index (χ2n) is 4.76. The first-order valence-corrected chi connectivity index (χ1v) is 7.61. The molecule has 0 atom stereocenters. The molecule has 0 unspecified atom stereocenters. The van der Waals surface area contributed by atoms with Gasteiger partial charge in [-0.2, -0.15) is 0 Å². The summed E-state index contributed by atoms with van der Waals surface area (Å²) in [6, 6.07) is 13.2. The van der Waals surface area contributed by atoms with E-state index in [0.29, 0.717) is 5.56 Å². The van der Waals surface area contributed by atoms with Gasteiger partial charge < -0.3 is 5.32 Å². The quantitative estimate of drug-likeness (QED) is 0.786. The van der Waals surface area contributed by atoms with Crippen LogP contribution in [0.4, 0.5) is 5.69 Å². The monoisotopic (exact) mass is 362 g/mol. The SMILES string of the molecule is Cc1cccc(C(=O)NC(=S)Nc2ccc(C)cc2Br)c1. The molecule has 1 amide bonds. The number of aryl methyl sites for hydroxylation is 2. The number of amides is 1. The smallest absolute Gasteiger partial charge is 0.257 e. The number of carbonyl (C=O) groups excluding carboxylic acids is 1. The molecule has 0 aromatic heterocycles. The van der Waals surface area contributed by atoms with Crippen LogP contribution in [0.15, 0.2) is 46.9 Å². The van der Waals surface area contributed by atoms with Crippen LogP contribution in [0.1, 0.15) is 21.5 Å².